The zero-order chi connectivity index (χ0) is 28.1. The molecular weight excluding hydrogens is 564 g/mol. The van der Waals surface area contributed by atoms with E-state index >= 15 is 0 Å². The number of H-pyrrole nitrogens is 1. The molecule has 1 unspecified atom stereocenters. The van der Waals surface area contributed by atoms with Crippen LogP contribution in [0.15, 0.2) is 52.6 Å². The average molecular weight is 597 g/mol. The lowest BCUT2D eigenvalue weighted by Gasteiger charge is -2.45. The van der Waals surface area contributed by atoms with Gasteiger partial charge in [0.1, 0.15) is 10.8 Å². The van der Waals surface area contributed by atoms with Gasteiger partial charge in [-0.2, -0.15) is 4.98 Å². The van der Waals surface area contributed by atoms with Crippen molar-refractivity contribution in [3.05, 3.63) is 58.9 Å². The highest BCUT2D eigenvalue weighted by atomic mass is 35.5. The molecule has 0 bridgehead atoms. The van der Waals surface area contributed by atoms with Gasteiger partial charge in [-0.25, -0.2) is 19.2 Å². The maximum Gasteiger partial charge on any atom is 0.206 e. The van der Waals surface area contributed by atoms with E-state index in [0.717, 1.165) is 54.6 Å². The van der Waals surface area contributed by atoms with Gasteiger partial charge in [0, 0.05) is 31.2 Å². The lowest BCUT2D eigenvalue weighted by Crippen LogP contribution is -2.45. The molecule has 2 atom stereocenters. The second-order valence-electron chi connectivity index (χ2n) is 11.3. The van der Waals surface area contributed by atoms with Crippen LogP contribution in [0.25, 0.3) is 11.3 Å². The van der Waals surface area contributed by atoms with Crippen molar-refractivity contribution in [2.45, 2.75) is 60.1 Å². The number of hydrogen-bond donors (Lipinski definition) is 3. The number of halogens is 1. The van der Waals surface area contributed by atoms with Crippen LogP contribution in [0.5, 0.6) is 0 Å². The highest BCUT2D eigenvalue weighted by Gasteiger charge is 2.49. The van der Waals surface area contributed by atoms with Crippen LogP contribution in [-0.4, -0.2) is 54.0 Å². The summed E-state index contributed by atoms with van der Waals surface area (Å²) >= 11 is 7.92. The fraction of sp³-hybridized carbons (Fsp3) is 0.429. The monoisotopic (exact) mass is 596 g/mol. The SMILES string of the molecule is CNc1nccc(Sc2cnc3nc(N4CCC5(CC4)Cc4ccccc4[C@H]5CC(C)(C)S(N)=O)[nH]c3n2)c1Cl. The summed E-state index contributed by atoms with van der Waals surface area (Å²) in [7, 11) is 0.401. The third-order valence-corrected chi connectivity index (χ3v) is 11.2. The molecule has 2 aliphatic rings. The summed E-state index contributed by atoms with van der Waals surface area (Å²) in [6, 6.07) is 10.6. The Hall–Kier alpha value is -2.73. The molecule has 4 N–H and O–H groups in total. The normalized spacial score (nSPS) is 19.2. The number of piperidine rings is 1. The van der Waals surface area contributed by atoms with Crippen molar-refractivity contribution >= 4 is 57.4 Å². The van der Waals surface area contributed by atoms with Crippen LogP contribution in [0.1, 0.15) is 50.2 Å². The lowest BCUT2D eigenvalue weighted by atomic mass is 9.67. The van der Waals surface area contributed by atoms with E-state index in [9.17, 15) is 4.21 Å². The molecule has 1 saturated heterocycles. The van der Waals surface area contributed by atoms with Crippen LogP contribution >= 0.6 is 23.4 Å². The number of nitrogens with one attached hydrogen (secondary N) is 2. The van der Waals surface area contributed by atoms with Crippen molar-refractivity contribution in [2.75, 3.05) is 30.4 Å². The van der Waals surface area contributed by atoms with E-state index in [2.05, 4.69) is 49.4 Å². The van der Waals surface area contributed by atoms with Crippen molar-refractivity contribution in [1.82, 2.24) is 24.9 Å². The summed E-state index contributed by atoms with van der Waals surface area (Å²) in [5, 5.41) is 10.2. The van der Waals surface area contributed by atoms with Crippen molar-refractivity contribution in [1.29, 1.82) is 0 Å². The van der Waals surface area contributed by atoms with Gasteiger partial charge >= 0.3 is 0 Å². The number of hydrogen-bond acceptors (Lipinski definition) is 8. The maximum absolute atomic E-state index is 12.4. The van der Waals surface area contributed by atoms with Crippen LogP contribution in [0, 0.1) is 5.41 Å². The van der Waals surface area contributed by atoms with Gasteiger partial charge in [0.15, 0.2) is 11.3 Å². The summed E-state index contributed by atoms with van der Waals surface area (Å²) in [6.45, 7) is 5.79. The molecular formula is C28H33ClN8OS2. The first-order chi connectivity index (χ1) is 19.2. The fourth-order valence-electron chi connectivity index (χ4n) is 6.21. The molecule has 0 radical (unpaired) electrons. The van der Waals surface area contributed by atoms with Gasteiger partial charge in [-0.3, -0.25) is 5.14 Å². The van der Waals surface area contributed by atoms with Crippen LogP contribution in [0.2, 0.25) is 5.02 Å². The Bertz CT molecular complexity index is 1580. The minimum atomic E-state index is -1.39. The number of aromatic amines is 1. The van der Waals surface area contributed by atoms with E-state index in [0.29, 0.717) is 28.1 Å². The Kier molecular flexibility index (Phi) is 7.27. The summed E-state index contributed by atoms with van der Waals surface area (Å²) in [5.41, 5.74) is 4.18. The number of rotatable bonds is 7. The Labute approximate surface area is 245 Å². The van der Waals surface area contributed by atoms with E-state index in [-0.39, 0.29) is 5.41 Å². The number of anilines is 2. The lowest BCUT2D eigenvalue weighted by molar-refractivity contribution is 0.170. The second-order valence-corrected chi connectivity index (χ2v) is 14.4. The number of fused-ring (bicyclic) bond motifs is 2. The van der Waals surface area contributed by atoms with Gasteiger partial charge in [-0.15, -0.1) is 0 Å². The van der Waals surface area contributed by atoms with Gasteiger partial charge in [-0.1, -0.05) is 47.6 Å². The van der Waals surface area contributed by atoms with Crippen molar-refractivity contribution in [2.24, 2.45) is 10.6 Å². The second kappa shape index (κ2) is 10.6. The first kappa shape index (κ1) is 27.4. The Balaban J connectivity index is 1.20. The van der Waals surface area contributed by atoms with Crippen LogP contribution < -0.4 is 15.4 Å². The molecule has 0 amide bonds. The predicted molar refractivity (Wildman–Crippen MR) is 162 cm³/mol. The van der Waals surface area contributed by atoms with Crippen molar-refractivity contribution < 1.29 is 4.21 Å². The van der Waals surface area contributed by atoms with Crippen molar-refractivity contribution in [3.8, 4) is 0 Å². The Morgan fingerprint density at radius 3 is 2.75 bits per heavy atom. The molecule has 6 rings (SSSR count). The maximum atomic E-state index is 12.4. The highest BCUT2D eigenvalue weighted by Crippen LogP contribution is 2.56. The average Bonchev–Trinajstić information content (AvgIpc) is 3.49. The smallest absolute Gasteiger partial charge is 0.206 e. The minimum absolute atomic E-state index is 0.124. The summed E-state index contributed by atoms with van der Waals surface area (Å²) < 4.78 is 11.9. The molecule has 210 valence electrons. The third kappa shape index (κ3) is 4.97. The Morgan fingerprint density at radius 1 is 1.23 bits per heavy atom. The van der Waals surface area contributed by atoms with Gasteiger partial charge in [0.2, 0.25) is 5.95 Å². The first-order valence-corrected chi connectivity index (χ1v) is 15.8. The number of aromatic nitrogens is 5. The molecule has 0 saturated carbocycles. The molecule has 1 spiro atoms. The fourth-order valence-corrected chi connectivity index (χ4v) is 7.65. The molecule has 4 aromatic rings. The van der Waals surface area contributed by atoms with Gasteiger partial charge < -0.3 is 15.2 Å². The van der Waals surface area contributed by atoms with Crippen molar-refractivity contribution in [3.63, 3.8) is 0 Å². The zero-order valence-corrected chi connectivity index (χ0v) is 25.2. The highest BCUT2D eigenvalue weighted by molar-refractivity contribution is 7.99. The largest absolute Gasteiger partial charge is 0.372 e. The number of pyridine rings is 1. The topological polar surface area (TPSA) is 126 Å². The van der Waals surface area contributed by atoms with E-state index in [4.69, 9.17) is 26.7 Å². The molecule has 1 fully saturated rings. The molecule has 1 aliphatic carbocycles. The Morgan fingerprint density at radius 2 is 2.00 bits per heavy atom. The number of imidazole rings is 1. The van der Waals surface area contributed by atoms with Crippen LogP contribution in [0.4, 0.5) is 11.8 Å². The van der Waals surface area contributed by atoms with E-state index in [1.165, 1.54) is 22.9 Å². The first-order valence-electron chi connectivity index (χ1n) is 13.4. The third-order valence-electron chi connectivity index (χ3n) is 8.49. The number of nitrogens with zero attached hydrogens (tertiary/aromatic N) is 5. The molecule has 1 aliphatic heterocycles. The number of nitrogens with two attached hydrogens (primary N) is 1. The van der Waals surface area contributed by atoms with Gasteiger partial charge in [0.25, 0.3) is 0 Å². The molecule has 9 nitrogen and oxygen atoms in total. The molecule has 4 heterocycles. The van der Waals surface area contributed by atoms with Gasteiger partial charge in [-0.05, 0) is 68.1 Å². The summed E-state index contributed by atoms with van der Waals surface area (Å²) in [5.74, 6) is 1.75. The molecule has 3 aromatic heterocycles. The van der Waals surface area contributed by atoms with E-state index < -0.39 is 15.7 Å². The molecule has 1 aromatic carbocycles. The predicted octanol–water partition coefficient (Wildman–Crippen LogP) is 5.31. The quantitative estimate of drug-likeness (QED) is 0.262. The number of benzene rings is 1. The zero-order valence-electron chi connectivity index (χ0n) is 22.8. The minimum Gasteiger partial charge on any atom is -0.372 e. The summed E-state index contributed by atoms with van der Waals surface area (Å²) in [4.78, 5) is 24.9. The summed E-state index contributed by atoms with van der Waals surface area (Å²) in [6.07, 6.45) is 7.34. The van der Waals surface area contributed by atoms with Crippen LogP contribution in [0.3, 0.4) is 0 Å². The molecule has 40 heavy (non-hydrogen) atoms. The standard InChI is InChI=1S/C28H33ClN8OS2/c1-27(2,40(30)38)15-19-18-7-5-4-6-17(18)14-28(19)9-12-37(13-10-28)26-35-24-25(36-26)34-21(16-33-24)39-20-8-11-32-23(31-3)22(20)29/h4-8,11,16,19H,9-10,12-15,30H2,1-3H3,(H,31,32)(H,33,34,35,36)/t19-,40?/m1/s1. The van der Waals surface area contributed by atoms with E-state index in [1.807, 2.05) is 19.9 Å². The van der Waals surface area contributed by atoms with E-state index in [1.54, 1.807) is 19.4 Å². The van der Waals surface area contributed by atoms with Gasteiger partial charge in [0.05, 0.1) is 27.0 Å². The molecule has 12 heteroatoms. The van der Waals surface area contributed by atoms with Crippen LogP contribution in [-0.2, 0) is 17.4 Å².